The molecule has 1 aromatic carbocycles. The molecule has 0 saturated carbocycles. The summed E-state index contributed by atoms with van der Waals surface area (Å²) in [6, 6.07) is 8.31. The molecule has 3 heteroatoms. The molecule has 0 unspecified atom stereocenters. The van der Waals surface area contributed by atoms with Gasteiger partial charge in [0.15, 0.2) is 0 Å². The van der Waals surface area contributed by atoms with Gasteiger partial charge in [0, 0.05) is 18.7 Å². The van der Waals surface area contributed by atoms with Crippen molar-refractivity contribution in [1.82, 2.24) is 4.90 Å². The summed E-state index contributed by atoms with van der Waals surface area (Å²) in [4.78, 5) is 2.30. The lowest BCUT2D eigenvalue weighted by Gasteiger charge is -2.16. The molecule has 1 aromatic rings. The molecular formula is C16H24N2O. The number of rotatable bonds is 7. The SMILES string of the molecule is CN(CCCCCO)Cc1ccc(C#CCN)cc1. The van der Waals surface area contributed by atoms with Gasteiger partial charge in [-0.3, -0.25) is 0 Å². The third-order valence-electron chi connectivity index (χ3n) is 2.94. The second kappa shape index (κ2) is 9.57. The normalized spacial score (nSPS) is 10.3. The first-order valence-corrected chi connectivity index (χ1v) is 6.83. The zero-order valence-electron chi connectivity index (χ0n) is 11.7. The summed E-state index contributed by atoms with van der Waals surface area (Å²) >= 11 is 0. The van der Waals surface area contributed by atoms with Gasteiger partial charge in [-0.05, 0) is 50.6 Å². The molecule has 19 heavy (non-hydrogen) atoms. The van der Waals surface area contributed by atoms with Crippen LogP contribution in [-0.2, 0) is 6.54 Å². The summed E-state index contributed by atoms with van der Waals surface area (Å²) < 4.78 is 0. The highest BCUT2D eigenvalue weighted by atomic mass is 16.2. The maximum absolute atomic E-state index is 8.72. The van der Waals surface area contributed by atoms with Crippen LogP contribution in [0.5, 0.6) is 0 Å². The van der Waals surface area contributed by atoms with E-state index in [9.17, 15) is 0 Å². The largest absolute Gasteiger partial charge is 0.396 e. The van der Waals surface area contributed by atoms with E-state index in [2.05, 4.69) is 35.9 Å². The topological polar surface area (TPSA) is 49.5 Å². The maximum atomic E-state index is 8.72. The molecular weight excluding hydrogens is 236 g/mol. The zero-order chi connectivity index (χ0) is 13.9. The number of nitrogens with two attached hydrogens (primary N) is 1. The molecule has 0 atom stereocenters. The number of nitrogens with zero attached hydrogens (tertiary/aromatic N) is 1. The van der Waals surface area contributed by atoms with Crippen molar-refractivity contribution in [3.63, 3.8) is 0 Å². The number of benzene rings is 1. The molecule has 3 nitrogen and oxygen atoms in total. The molecule has 0 aliphatic carbocycles. The van der Waals surface area contributed by atoms with Gasteiger partial charge in [0.2, 0.25) is 0 Å². The molecule has 0 aromatic heterocycles. The molecule has 104 valence electrons. The van der Waals surface area contributed by atoms with Crippen molar-refractivity contribution in [2.24, 2.45) is 5.73 Å². The number of aliphatic hydroxyl groups excluding tert-OH is 1. The lowest BCUT2D eigenvalue weighted by molar-refractivity contribution is 0.271. The van der Waals surface area contributed by atoms with Crippen LogP contribution in [0, 0.1) is 11.8 Å². The molecule has 3 N–H and O–H groups in total. The summed E-state index contributed by atoms with van der Waals surface area (Å²) in [5.41, 5.74) is 7.65. The van der Waals surface area contributed by atoms with Gasteiger partial charge in [0.25, 0.3) is 0 Å². The average molecular weight is 260 g/mol. The quantitative estimate of drug-likeness (QED) is 0.578. The highest BCUT2D eigenvalue weighted by Gasteiger charge is 2.00. The van der Waals surface area contributed by atoms with Crippen molar-refractivity contribution >= 4 is 0 Å². The van der Waals surface area contributed by atoms with Crippen molar-refractivity contribution in [3.05, 3.63) is 35.4 Å². The predicted octanol–water partition coefficient (Wildman–Crippen LogP) is 1.59. The van der Waals surface area contributed by atoms with E-state index >= 15 is 0 Å². The zero-order valence-corrected chi connectivity index (χ0v) is 11.7. The van der Waals surface area contributed by atoms with E-state index in [1.165, 1.54) is 5.56 Å². The third-order valence-corrected chi connectivity index (χ3v) is 2.94. The minimum atomic E-state index is 0.301. The number of hydrogen-bond donors (Lipinski definition) is 2. The van der Waals surface area contributed by atoms with E-state index in [4.69, 9.17) is 10.8 Å². The Balaban J connectivity index is 2.35. The minimum Gasteiger partial charge on any atom is -0.396 e. The first-order valence-electron chi connectivity index (χ1n) is 6.83. The fourth-order valence-corrected chi connectivity index (χ4v) is 1.91. The van der Waals surface area contributed by atoms with Crippen molar-refractivity contribution < 1.29 is 5.11 Å². The highest BCUT2D eigenvalue weighted by molar-refractivity contribution is 5.36. The van der Waals surface area contributed by atoms with Crippen LogP contribution >= 0.6 is 0 Å². The average Bonchev–Trinajstić information content (AvgIpc) is 2.43. The van der Waals surface area contributed by atoms with Crippen LogP contribution < -0.4 is 5.73 Å². The van der Waals surface area contributed by atoms with Crippen LogP contribution in [0.3, 0.4) is 0 Å². The summed E-state index contributed by atoms with van der Waals surface area (Å²) in [6.45, 7) is 2.71. The summed E-state index contributed by atoms with van der Waals surface area (Å²) in [6.07, 6.45) is 3.13. The molecule has 0 bridgehead atoms. The standard InChI is InChI=1S/C16H24N2O/c1-18(12-3-2-4-13-19)14-16-9-7-15(8-10-16)6-5-11-17/h7-10,19H,2-4,11-14,17H2,1H3. The Morgan fingerprint density at radius 2 is 1.89 bits per heavy atom. The van der Waals surface area contributed by atoms with Crippen molar-refractivity contribution in [3.8, 4) is 11.8 Å². The molecule has 0 saturated heterocycles. The Kier molecular flexibility index (Phi) is 7.92. The van der Waals surface area contributed by atoms with Crippen LogP contribution in [0.2, 0.25) is 0 Å². The second-order valence-electron chi connectivity index (χ2n) is 4.72. The van der Waals surface area contributed by atoms with Gasteiger partial charge < -0.3 is 15.7 Å². The highest BCUT2D eigenvalue weighted by Crippen LogP contribution is 2.07. The summed E-state index contributed by atoms with van der Waals surface area (Å²) in [5, 5.41) is 8.72. The fraction of sp³-hybridized carbons (Fsp3) is 0.500. The molecule has 0 heterocycles. The lowest BCUT2D eigenvalue weighted by Crippen LogP contribution is -2.19. The van der Waals surface area contributed by atoms with E-state index in [-0.39, 0.29) is 0 Å². The van der Waals surface area contributed by atoms with Gasteiger partial charge in [0.1, 0.15) is 0 Å². The third kappa shape index (κ3) is 6.97. The van der Waals surface area contributed by atoms with Gasteiger partial charge in [-0.25, -0.2) is 0 Å². The summed E-state index contributed by atoms with van der Waals surface area (Å²) in [7, 11) is 2.13. The molecule has 1 rings (SSSR count). The number of hydrogen-bond acceptors (Lipinski definition) is 3. The van der Waals surface area contributed by atoms with Gasteiger partial charge in [-0.1, -0.05) is 24.0 Å². The van der Waals surface area contributed by atoms with Crippen molar-refractivity contribution in [2.45, 2.75) is 25.8 Å². The smallest absolute Gasteiger partial charge is 0.0555 e. The Morgan fingerprint density at radius 1 is 1.16 bits per heavy atom. The number of unbranched alkanes of at least 4 members (excludes halogenated alkanes) is 2. The van der Waals surface area contributed by atoms with Gasteiger partial charge in [0.05, 0.1) is 6.54 Å². The summed E-state index contributed by atoms with van der Waals surface area (Å²) in [5.74, 6) is 5.87. The van der Waals surface area contributed by atoms with Crippen LogP contribution in [0.1, 0.15) is 30.4 Å². The minimum absolute atomic E-state index is 0.301. The second-order valence-corrected chi connectivity index (χ2v) is 4.72. The first-order chi connectivity index (χ1) is 9.26. The maximum Gasteiger partial charge on any atom is 0.0555 e. The Hall–Kier alpha value is -1.34. The van der Waals surface area contributed by atoms with Crippen molar-refractivity contribution in [1.29, 1.82) is 0 Å². The molecule has 0 aliphatic heterocycles. The van der Waals surface area contributed by atoms with Crippen LogP contribution in [0.15, 0.2) is 24.3 Å². The molecule has 0 amide bonds. The van der Waals surface area contributed by atoms with Crippen LogP contribution in [0.25, 0.3) is 0 Å². The fourth-order valence-electron chi connectivity index (χ4n) is 1.91. The van der Waals surface area contributed by atoms with E-state index in [1.807, 2.05) is 12.1 Å². The monoisotopic (exact) mass is 260 g/mol. The van der Waals surface area contributed by atoms with Crippen molar-refractivity contribution in [2.75, 3.05) is 26.7 Å². The number of aliphatic hydroxyl groups is 1. The first kappa shape index (κ1) is 15.7. The van der Waals surface area contributed by atoms with E-state index in [0.29, 0.717) is 13.2 Å². The van der Waals surface area contributed by atoms with Crippen LogP contribution in [-0.4, -0.2) is 36.8 Å². The van der Waals surface area contributed by atoms with E-state index in [1.54, 1.807) is 0 Å². The molecule has 0 aliphatic rings. The predicted molar refractivity (Wildman–Crippen MR) is 79.6 cm³/mol. The Morgan fingerprint density at radius 3 is 2.53 bits per heavy atom. The Bertz CT molecular complexity index is 403. The lowest BCUT2D eigenvalue weighted by atomic mass is 10.1. The van der Waals surface area contributed by atoms with E-state index in [0.717, 1.165) is 37.9 Å². The van der Waals surface area contributed by atoms with Gasteiger partial charge >= 0.3 is 0 Å². The van der Waals surface area contributed by atoms with Gasteiger partial charge in [-0.2, -0.15) is 0 Å². The van der Waals surface area contributed by atoms with Crippen LogP contribution in [0.4, 0.5) is 0 Å². The van der Waals surface area contributed by atoms with E-state index < -0.39 is 0 Å². The molecule has 0 radical (unpaired) electrons. The molecule has 0 spiro atoms. The molecule has 0 fully saturated rings. The Labute approximate surface area is 116 Å². The van der Waals surface area contributed by atoms with Gasteiger partial charge in [-0.15, -0.1) is 0 Å².